The number of pyridine rings is 1. The van der Waals surface area contributed by atoms with E-state index in [0.717, 1.165) is 16.6 Å². The van der Waals surface area contributed by atoms with Crippen LogP contribution in [0.15, 0.2) is 24.8 Å². The van der Waals surface area contributed by atoms with Gasteiger partial charge >= 0.3 is 0 Å². The summed E-state index contributed by atoms with van der Waals surface area (Å²) in [6.07, 6.45) is 6.89. The minimum Gasteiger partial charge on any atom is -0.330 e. The molecule has 0 saturated carbocycles. The van der Waals surface area contributed by atoms with Crippen LogP contribution in [0.1, 0.15) is 18.4 Å². The van der Waals surface area contributed by atoms with Gasteiger partial charge in [-0.05, 0) is 12.5 Å². The van der Waals surface area contributed by atoms with E-state index in [2.05, 4.69) is 21.9 Å². The minimum atomic E-state index is 0.267. The van der Waals surface area contributed by atoms with Gasteiger partial charge in [-0.2, -0.15) is 0 Å². The van der Waals surface area contributed by atoms with Crippen molar-refractivity contribution in [3.63, 3.8) is 0 Å². The van der Waals surface area contributed by atoms with Gasteiger partial charge in [0.1, 0.15) is 5.52 Å². The van der Waals surface area contributed by atoms with Gasteiger partial charge < -0.3 is 5.73 Å². The Morgan fingerprint density at radius 2 is 2.07 bits per heavy atom. The first-order chi connectivity index (χ1) is 6.83. The van der Waals surface area contributed by atoms with Crippen molar-refractivity contribution in [1.29, 1.82) is 0 Å². The fourth-order valence-electron chi connectivity index (χ4n) is 1.40. The number of hydrogen-bond donors (Lipinski definition) is 1. The van der Waals surface area contributed by atoms with Gasteiger partial charge in [-0.25, -0.2) is 0 Å². The summed E-state index contributed by atoms with van der Waals surface area (Å²) in [5.41, 5.74) is 8.41. The van der Waals surface area contributed by atoms with Crippen molar-refractivity contribution in [2.45, 2.75) is 12.8 Å². The molecule has 0 aliphatic carbocycles. The molecule has 0 amide bonds. The van der Waals surface area contributed by atoms with E-state index in [4.69, 9.17) is 5.73 Å². The highest BCUT2D eigenvalue weighted by Gasteiger charge is 2.09. The molecule has 72 valence electrons. The third-order valence-electron chi connectivity index (χ3n) is 2.29. The normalized spacial score (nSPS) is 13.0. The predicted molar refractivity (Wildman–Crippen MR) is 54.8 cm³/mol. The monoisotopic (exact) mass is 188 g/mol. The largest absolute Gasteiger partial charge is 0.330 e. The fraction of sp³-hybridized carbons (Fsp3) is 0.300. The third kappa shape index (κ3) is 1.44. The lowest BCUT2D eigenvalue weighted by Gasteiger charge is -2.09. The Hall–Kier alpha value is -1.55. The van der Waals surface area contributed by atoms with Crippen LogP contribution in [0.4, 0.5) is 0 Å². The molecule has 2 N–H and O–H groups in total. The van der Waals surface area contributed by atoms with Gasteiger partial charge in [-0.3, -0.25) is 15.0 Å². The van der Waals surface area contributed by atoms with Crippen LogP contribution in [0.5, 0.6) is 0 Å². The average molecular weight is 188 g/mol. The van der Waals surface area contributed by atoms with Crippen molar-refractivity contribution in [3.8, 4) is 0 Å². The van der Waals surface area contributed by atoms with E-state index < -0.39 is 0 Å². The summed E-state index contributed by atoms with van der Waals surface area (Å²) < 4.78 is 0. The van der Waals surface area contributed by atoms with Crippen molar-refractivity contribution in [2.75, 3.05) is 6.54 Å². The summed E-state index contributed by atoms with van der Waals surface area (Å²) in [4.78, 5) is 12.6. The Morgan fingerprint density at radius 3 is 2.86 bits per heavy atom. The van der Waals surface area contributed by atoms with Crippen LogP contribution in [-0.2, 0) is 0 Å². The zero-order valence-corrected chi connectivity index (χ0v) is 8.01. The van der Waals surface area contributed by atoms with Gasteiger partial charge in [-0.1, -0.05) is 6.92 Å². The highest BCUT2D eigenvalue weighted by molar-refractivity contribution is 5.76. The Morgan fingerprint density at radius 1 is 1.29 bits per heavy atom. The molecule has 2 rings (SSSR count). The van der Waals surface area contributed by atoms with Crippen LogP contribution < -0.4 is 5.73 Å². The summed E-state index contributed by atoms with van der Waals surface area (Å²) in [6, 6.07) is 0. The van der Waals surface area contributed by atoms with Gasteiger partial charge in [0.05, 0.1) is 11.7 Å². The molecule has 0 saturated heterocycles. The Balaban J connectivity index is 2.65. The molecular formula is C10H12N4. The molecule has 1 unspecified atom stereocenters. The molecule has 4 heteroatoms. The molecule has 0 aliphatic rings. The fourth-order valence-corrected chi connectivity index (χ4v) is 1.40. The van der Waals surface area contributed by atoms with E-state index in [1.54, 1.807) is 18.6 Å². The highest BCUT2D eigenvalue weighted by atomic mass is 14.8. The third-order valence-corrected chi connectivity index (χ3v) is 2.29. The van der Waals surface area contributed by atoms with Crippen molar-refractivity contribution in [3.05, 3.63) is 30.4 Å². The van der Waals surface area contributed by atoms with Gasteiger partial charge in [0.25, 0.3) is 0 Å². The van der Waals surface area contributed by atoms with Crippen LogP contribution in [-0.4, -0.2) is 21.5 Å². The minimum absolute atomic E-state index is 0.267. The maximum absolute atomic E-state index is 5.62. The molecule has 0 spiro atoms. The van der Waals surface area contributed by atoms with Crippen molar-refractivity contribution in [2.24, 2.45) is 5.73 Å². The van der Waals surface area contributed by atoms with Crippen molar-refractivity contribution in [1.82, 2.24) is 15.0 Å². The molecule has 0 aliphatic heterocycles. The molecule has 14 heavy (non-hydrogen) atoms. The van der Waals surface area contributed by atoms with E-state index >= 15 is 0 Å². The van der Waals surface area contributed by atoms with Gasteiger partial charge in [0.15, 0.2) is 0 Å². The second kappa shape index (κ2) is 3.67. The zero-order valence-electron chi connectivity index (χ0n) is 8.01. The second-order valence-electron chi connectivity index (χ2n) is 3.29. The van der Waals surface area contributed by atoms with Gasteiger partial charge in [0, 0.05) is 24.2 Å². The first kappa shape index (κ1) is 9.02. The molecule has 4 nitrogen and oxygen atoms in total. The van der Waals surface area contributed by atoms with Crippen molar-refractivity contribution < 1.29 is 0 Å². The molecule has 1 atom stereocenters. The Labute approximate surface area is 82.2 Å². The molecule has 0 fully saturated rings. The number of rotatable bonds is 2. The van der Waals surface area contributed by atoms with Gasteiger partial charge in [-0.15, -0.1) is 0 Å². The van der Waals surface area contributed by atoms with E-state index in [1.807, 2.05) is 6.20 Å². The molecule has 2 aromatic heterocycles. The Kier molecular flexibility index (Phi) is 2.37. The van der Waals surface area contributed by atoms with E-state index in [9.17, 15) is 0 Å². The molecule has 0 aromatic carbocycles. The highest BCUT2D eigenvalue weighted by Crippen LogP contribution is 2.19. The topological polar surface area (TPSA) is 64.7 Å². The zero-order chi connectivity index (χ0) is 9.97. The van der Waals surface area contributed by atoms with E-state index in [-0.39, 0.29) is 5.92 Å². The van der Waals surface area contributed by atoms with Crippen LogP contribution in [0.3, 0.4) is 0 Å². The summed E-state index contributed by atoms with van der Waals surface area (Å²) >= 11 is 0. The molecule has 2 aromatic rings. The van der Waals surface area contributed by atoms with Gasteiger partial charge in [0.2, 0.25) is 0 Å². The van der Waals surface area contributed by atoms with Crippen LogP contribution in [0.2, 0.25) is 0 Å². The summed E-state index contributed by atoms with van der Waals surface area (Å²) in [5, 5.41) is 0. The molecular weight excluding hydrogens is 176 g/mol. The van der Waals surface area contributed by atoms with Crippen LogP contribution in [0, 0.1) is 0 Å². The first-order valence-corrected chi connectivity index (χ1v) is 4.57. The first-order valence-electron chi connectivity index (χ1n) is 4.57. The number of nitrogens with zero attached hydrogens (tertiary/aromatic N) is 3. The predicted octanol–water partition coefficient (Wildman–Crippen LogP) is 1.09. The molecule has 0 bridgehead atoms. The number of aromatic nitrogens is 3. The summed E-state index contributed by atoms with van der Waals surface area (Å²) in [6.45, 7) is 2.66. The van der Waals surface area contributed by atoms with Crippen LogP contribution in [0.25, 0.3) is 11.0 Å². The summed E-state index contributed by atoms with van der Waals surface area (Å²) in [5.74, 6) is 0.267. The number of hydrogen-bond acceptors (Lipinski definition) is 4. The van der Waals surface area contributed by atoms with E-state index in [1.165, 1.54) is 0 Å². The number of fused-ring (bicyclic) bond motifs is 1. The van der Waals surface area contributed by atoms with Crippen molar-refractivity contribution >= 4 is 11.0 Å². The standard InChI is InChI=1S/C10H12N4/c1-7(4-11)8-5-12-6-9-10(8)14-3-2-13-9/h2-3,5-7H,4,11H2,1H3. The molecule has 0 radical (unpaired) electrons. The summed E-state index contributed by atoms with van der Waals surface area (Å²) in [7, 11) is 0. The van der Waals surface area contributed by atoms with Crippen LogP contribution >= 0.6 is 0 Å². The second-order valence-corrected chi connectivity index (χ2v) is 3.29. The smallest absolute Gasteiger partial charge is 0.107 e. The Bertz CT molecular complexity index is 436. The maximum Gasteiger partial charge on any atom is 0.107 e. The quantitative estimate of drug-likeness (QED) is 0.766. The SMILES string of the molecule is CC(CN)c1cncc2nccnc12. The average Bonchev–Trinajstić information content (AvgIpc) is 2.27. The maximum atomic E-state index is 5.62. The lowest BCUT2D eigenvalue weighted by molar-refractivity contribution is 0.774. The molecule has 2 heterocycles. The number of nitrogens with two attached hydrogens (primary N) is 1. The lowest BCUT2D eigenvalue weighted by atomic mass is 10.0. The lowest BCUT2D eigenvalue weighted by Crippen LogP contribution is -2.10. The van der Waals surface area contributed by atoms with E-state index in [0.29, 0.717) is 6.54 Å².